The number of guanidine groups is 1. The maximum atomic E-state index is 12.2. The topological polar surface area (TPSA) is 60.0 Å². The molecule has 1 rings (SSSR count). The van der Waals surface area contributed by atoms with Crippen LogP contribution in [-0.2, 0) is 4.79 Å². The van der Waals surface area contributed by atoms with Gasteiger partial charge >= 0.3 is 0 Å². The highest BCUT2D eigenvalue weighted by atomic mass is 127. The maximum Gasteiger partial charge on any atom is 0.224 e. The third-order valence-corrected chi connectivity index (χ3v) is 5.40. The monoisotopic (exact) mass is 523 g/mol. The molecule has 0 aliphatic carbocycles. The van der Waals surface area contributed by atoms with Crippen LogP contribution in [0.2, 0.25) is 0 Å². The number of carbonyl (C=O) groups is 1. The number of likely N-dealkylation sites (N-methyl/N-ethyl adjacent to an activating group) is 1. The van der Waals surface area contributed by atoms with Crippen LogP contribution < -0.4 is 10.6 Å². The van der Waals surface area contributed by atoms with Crippen LogP contribution in [0, 0.1) is 0 Å². The summed E-state index contributed by atoms with van der Waals surface area (Å²) in [6.07, 6.45) is 0.482. The van der Waals surface area contributed by atoms with Crippen molar-refractivity contribution in [3.05, 3.63) is 22.4 Å². The summed E-state index contributed by atoms with van der Waals surface area (Å²) in [6, 6.07) is 2.46. The predicted molar refractivity (Wildman–Crippen MR) is 132 cm³/mol. The molecule has 0 aliphatic heterocycles. The molecule has 0 aromatic carbocycles. The van der Waals surface area contributed by atoms with Crippen LogP contribution in [0.4, 0.5) is 0 Å². The summed E-state index contributed by atoms with van der Waals surface area (Å²) in [6.45, 7) is 16.0. The zero-order valence-corrected chi connectivity index (χ0v) is 21.2. The molecule has 1 heterocycles. The Morgan fingerprint density at radius 3 is 2.29 bits per heavy atom. The Bertz CT molecular complexity index is 545. The zero-order chi connectivity index (χ0) is 20.1. The third-order valence-electron chi connectivity index (χ3n) is 4.70. The van der Waals surface area contributed by atoms with Crippen LogP contribution in [-0.4, -0.2) is 67.5 Å². The van der Waals surface area contributed by atoms with E-state index in [-0.39, 0.29) is 35.9 Å². The minimum atomic E-state index is 0. The summed E-state index contributed by atoms with van der Waals surface area (Å²) in [5.41, 5.74) is 1.32. The Labute approximate surface area is 192 Å². The summed E-state index contributed by atoms with van der Waals surface area (Å²) >= 11 is 1.73. The van der Waals surface area contributed by atoms with Crippen molar-refractivity contribution in [1.82, 2.24) is 20.4 Å². The first-order valence-corrected chi connectivity index (χ1v) is 11.1. The molecule has 0 radical (unpaired) electrons. The summed E-state index contributed by atoms with van der Waals surface area (Å²) in [5, 5.41) is 10.9. The lowest BCUT2D eigenvalue weighted by Gasteiger charge is -2.28. The molecule has 0 saturated carbocycles. The number of amides is 1. The van der Waals surface area contributed by atoms with Crippen molar-refractivity contribution in [2.24, 2.45) is 4.99 Å². The molecule has 1 amide bonds. The van der Waals surface area contributed by atoms with Crippen molar-refractivity contribution in [3.63, 3.8) is 0 Å². The minimum Gasteiger partial charge on any atom is -0.357 e. The van der Waals surface area contributed by atoms with Gasteiger partial charge in [0, 0.05) is 32.6 Å². The number of hydrogen-bond acceptors (Lipinski definition) is 4. The van der Waals surface area contributed by atoms with Gasteiger partial charge < -0.3 is 15.5 Å². The van der Waals surface area contributed by atoms with Gasteiger partial charge in [0.2, 0.25) is 5.91 Å². The van der Waals surface area contributed by atoms with Crippen molar-refractivity contribution < 1.29 is 4.79 Å². The van der Waals surface area contributed by atoms with Crippen LogP contribution in [0.15, 0.2) is 21.8 Å². The quantitative estimate of drug-likeness (QED) is 0.250. The van der Waals surface area contributed by atoms with Gasteiger partial charge in [0.05, 0.1) is 12.6 Å². The Morgan fingerprint density at radius 2 is 1.79 bits per heavy atom. The largest absolute Gasteiger partial charge is 0.357 e. The summed E-state index contributed by atoms with van der Waals surface area (Å²) < 4.78 is 0. The number of rotatable bonds is 12. The lowest BCUT2D eigenvalue weighted by atomic mass is 10.1. The van der Waals surface area contributed by atoms with E-state index in [4.69, 9.17) is 4.99 Å². The van der Waals surface area contributed by atoms with E-state index < -0.39 is 0 Å². The molecule has 162 valence electrons. The standard InChI is InChI=1S/C20H37N5OS.HI/c1-6-21-20(22-13-11-19(26)25(9-4)10-5)23-15-18(24(7-2)8-3)17-12-14-27-16-17;/h12,14,16,18H,6-11,13,15H2,1-5H3,(H2,21,22,23);1H. The first-order valence-electron chi connectivity index (χ1n) is 10.2. The van der Waals surface area contributed by atoms with E-state index in [0.717, 1.165) is 38.7 Å². The lowest BCUT2D eigenvalue weighted by Crippen LogP contribution is -2.41. The number of nitrogens with zero attached hydrogens (tertiary/aromatic N) is 3. The number of halogens is 1. The van der Waals surface area contributed by atoms with E-state index in [9.17, 15) is 4.79 Å². The normalized spacial score (nSPS) is 12.4. The van der Waals surface area contributed by atoms with E-state index in [1.807, 2.05) is 18.7 Å². The minimum absolute atomic E-state index is 0. The van der Waals surface area contributed by atoms with Crippen molar-refractivity contribution in [2.75, 3.05) is 45.8 Å². The van der Waals surface area contributed by atoms with Gasteiger partial charge in [-0.3, -0.25) is 14.7 Å². The van der Waals surface area contributed by atoms with Gasteiger partial charge in [0.1, 0.15) is 0 Å². The molecule has 0 aliphatic rings. The average Bonchev–Trinajstić information content (AvgIpc) is 3.20. The molecule has 0 spiro atoms. The molecular weight excluding hydrogens is 485 g/mol. The first-order chi connectivity index (χ1) is 13.1. The second kappa shape index (κ2) is 16.0. The smallest absolute Gasteiger partial charge is 0.224 e. The fourth-order valence-corrected chi connectivity index (χ4v) is 3.81. The Kier molecular flexibility index (Phi) is 15.5. The summed E-state index contributed by atoms with van der Waals surface area (Å²) in [5.74, 6) is 0.958. The van der Waals surface area contributed by atoms with E-state index in [2.05, 4.69) is 53.1 Å². The molecule has 28 heavy (non-hydrogen) atoms. The molecule has 6 nitrogen and oxygen atoms in total. The summed E-state index contributed by atoms with van der Waals surface area (Å²) in [4.78, 5) is 21.2. The van der Waals surface area contributed by atoms with E-state index in [0.29, 0.717) is 19.5 Å². The molecule has 0 saturated heterocycles. The Morgan fingerprint density at radius 1 is 1.11 bits per heavy atom. The maximum absolute atomic E-state index is 12.2. The SMILES string of the molecule is CCNC(=NCC(c1ccsc1)N(CC)CC)NCCC(=O)N(CC)CC.I. The second-order valence-corrected chi connectivity index (χ2v) is 7.04. The van der Waals surface area contributed by atoms with Crippen LogP contribution >= 0.6 is 35.3 Å². The highest BCUT2D eigenvalue weighted by Crippen LogP contribution is 2.23. The molecule has 1 unspecified atom stereocenters. The van der Waals surface area contributed by atoms with Crippen LogP contribution in [0.1, 0.15) is 52.6 Å². The molecule has 2 N–H and O–H groups in total. The fraction of sp³-hybridized carbons (Fsp3) is 0.700. The highest BCUT2D eigenvalue weighted by molar-refractivity contribution is 14.0. The number of thiophene rings is 1. The van der Waals surface area contributed by atoms with Crippen LogP contribution in [0.25, 0.3) is 0 Å². The van der Waals surface area contributed by atoms with Crippen molar-refractivity contribution in [2.45, 2.75) is 47.1 Å². The molecule has 1 atom stereocenters. The number of aliphatic imine (C=N–C) groups is 1. The molecule has 1 aromatic rings. The van der Waals surface area contributed by atoms with E-state index in [1.165, 1.54) is 5.56 Å². The summed E-state index contributed by atoms with van der Waals surface area (Å²) in [7, 11) is 0. The highest BCUT2D eigenvalue weighted by Gasteiger charge is 2.18. The number of carbonyl (C=O) groups excluding carboxylic acids is 1. The van der Waals surface area contributed by atoms with Gasteiger partial charge in [-0.15, -0.1) is 24.0 Å². The van der Waals surface area contributed by atoms with Gasteiger partial charge in [0.25, 0.3) is 0 Å². The van der Waals surface area contributed by atoms with Gasteiger partial charge in [-0.2, -0.15) is 11.3 Å². The molecule has 8 heteroatoms. The van der Waals surface area contributed by atoms with Crippen molar-refractivity contribution >= 4 is 47.2 Å². The van der Waals surface area contributed by atoms with Crippen LogP contribution in [0.5, 0.6) is 0 Å². The van der Waals surface area contributed by atoms with Crippen molar-refractivity contribution in [3.8, 4) is 0 Å². The molecule has 0 bridgehead atoms. The molecular formula is C20H38IN5OS. The number of nitrogens with one attached hydrogen (secondary N) is 2. The van der Waals surface area contributed by atoms with Gasteiger partial charge in [-0.1, -0.05) is 13.8 Å². The average molecular weight is 524 g/mol. The first kappa shape index (κ1) is 27.1. The molecule has 0 fully saturated rings. The Hall–Kier alpha value is -0.870. The van der Waals surface area contributed by atoms with E-state index in [1.54, 1.807) is 11.3 Å². The predicted octanol–water partition coefficient (Wildman–Crippen LogP) is 3.56. The Balaban J connectivity index is 0.00000729. The van der Waals surface area contributed by atoms with Gasteiger partial charge in [-0.05, 0) is 56.3 Å². The van der Waals surface area contributed by atoms with Gasteiger partial charge in [-0.25, -0.2) is 0 Å². The lowest BCUT2D eigenvalue weighted by molar-refractivity contribution is -0.130. The van der Waals surface area contributed by atoms with Crippen LogP contribution in [0.3, 0.4) is 0 Å². The fourth-order valence-electron chi connectivity index (χ4n) is 3.10. The second-order valence-electron chi connectivity index (χ2n) is 6.26. The zero-order valence-electron chi connectivity index (χ0n) is 18.0. The van der Waals surface area contributed by atoms with Crippen molar-refractivity contribution in [1.29, 1.82) is 0 Å². The van der Waals surface area contributed by atoms with Gasteiger partial charge in [0.15, 0.2) is 5.96 Å². The number of hydrogen-bond donors (Lipinski definition) is 2. The third kappa shape index (κ3) is 9.09. The molecule has 1 aromatic heterocycles. The van der Waals surface area contributed by atoms with E-state index >= 15 is 0 Å².